The molecule has 0 atom stereocenters. The number of hydrogen-bond donors (Lipinski definition) is 1. The lowest BCUT2D eigenvalue weighted by molar-refractivity contribution is 0.0952. The molecule has 2 heterocycles. The quantitative estimate of drug-likeness (QED) is 0.797. The van der Waals surface area contributed by atoms with E-state index in [2.05, 4.69) is 10.3 Å². The number of aromatic nitrogens is 1. The Morgan fingerprint density at radius 1 is 1.19 bits per heavy atom. The van der Waals surface area contributed by atoms with Gasteiger partial charge < -0.3 is 5.32 Å². The summed E-state index contributed by atoms with van der Waals surface area (Å²) >= 11 is 1.64. The number of carbonyl (C=O) groups excluding carboxylic acids is 1. The van der Waals surface area contributed by atoms with Gasteiger partial charge in [-0.2, -0.15) is 0 Å². The van der Waals surface area contributed by atoms with Crippen molar-refractivity contribution in [1.82, 2.24) is 10.3 Å². The molecule has 1 fully saturated rings. The average Bonchev–Trinajstić information content (AvgIpc) is 3.16. The Balaban J connectivity index is 1.87. The highest BCUT2D eigenvalue weighted by Gasteiger charge is 2.25. The van der Waals surface area contributed by atoms with Gasteiger partial charge in [0.25, 0.3) is 5.91 Å². The molecular weight excluding hydrogens is 280 g/mol. The second kappa shape index (κ2) is 4.97. The van der Waals surface area contributed by atoms with Gasteiger partial charge in [0.1, 0.15) is 0 Å². The van der Waals surface area contributed by atoms with E-state index in [1.807, 2.05) is 47.8 Å². The second-order valence-electron chi connectivity index (χ2n) is 5.30. The Labute approximate surface area is 126 Å². The molecular formula is C17H14N2OS. The molecule has 1 aliphatic carbocycles. The van der Waals surface area contributed by atoms with Gasteiger partial charge in [-0.25, -0.2) is 4.98 Å². The van der Waals surface area contributed by atoms with Crippen molar-refractivity contribution >= 4 is 28.1 Å². The van der Waals surface area contributed by atoms with Gasteiger partial charge in [0, 0.05) is 11.4 Å². The van der Waals surface area contributed by atoms with Crippen LogP contribution < -0.4 is 5.32 Å². The number of hydrogen-bond acceptors (Lipinski definition) is 3. The van der Waals surface area contributed by atoms with Crippen molar-refractivity contribution in [1.29, 1.82) is 0 Å². The molecule has 1 amide bonds. The second-order valence-corrected chi connectivity index (χ2v) is 6.24. The van der Waals surface area contributed by atoms with E-state index in [4.69, 9.17) is 0 Å². The Bertz CT molecular complexity index is 807. The van der Waals surface area contributed by atoms with E-state index in [1.54, 1.807) is 11.3 Å². The smallest absolute Gasteiger partial charge is 0.252 e. The molecule has 1 aromatic carbocycles. The number of pyridine rings is 1. The highest BCUT2D eigenvalue weighted by atomic mass is 32.1. The van der Waals surface area contributed by atoms with Crippen molar-refractivity contribution < 1.29 is 4.79 Å². The van der Waals surface area contributed by atoms with Gasteiger partial charge in [0.05, 0.1) is 21.7 Å². The lowest BCUT2D eigenvalue weighted by Crippen LogP contribution is -2.25. The minimum Gasteiger partial charge on any atom is -0.349 e. The third-order valence-corrected chi connectivity index (χ3v) is 4.54. The van der Waals surface area contributed by atoms with Gasteiger partial charge in [-0.15, -0.1) is 11.3 Å². The van der Waals surface area contributed by atoms with E-state index in [0.29, 0.717) is 6.04 Å². The molecule has 4 rings (SSSR count). The molecule has 0 spiro atoms. The zero-order chi connectivity index (χ0) is 14.2. The summed E-state index contributed by atoms with van der Waals surface area (Å²) in [7, 11) is 0. The van der Waals surface area contributed by atoms with E-state index in [-0.39, 0.29) is 5.91 Å². The third kappa shape index (κ3) is 2.43. The first-order valence-corrected chi connectivity index (χ1v) is 7.94. The molecule has 21 heavy (non-hydrogen) atoms. The Hall–Kier alpha value is -2.20. The Morgan fingerprint density at radius 2 is 2.05 bits per heavy atom. The van der Waals surface area contributed by atoms with Gasteiger partial charge in [0.2, 0.25) is 0 Å². The van der Waals surface area contributed by atoms with Crippen LogP contribution in [0, 0.1) is 0 Å². The number of para-hydroxylation sites is 1. The Kier molecular flexibility index (Phi) is 2.97. The van der Waals surface area contributed by atoms with Crippen LogP contribution in [0.3, 0.4) is 0 Å². The van der Waals surface area contributed by atoms with Crippen molar-refractivity contribution in [3.8, 4) is 10.6 Å². The SMILES string of the molecule is O=C(NC1CC1)c1cc(-c2cccs2)nc2ccccc12. The Morgan fingerprint density at radius 3 is 2.81 bits per heavy atom. The minimum absolute atomic E-state index is 0.00825. The number of nitrogens with one attached hydrogen (secondary N) is 1. The summed E-state index contributed by atoms with van der Waals surface area (Å²) < 4.78 is 0. The average molecular weight is 294 g/mol. The third-order valence-electron chi connectivity index (χ3n) is 3.65. The summed E-state index contributed by atoms with van der Waals surface area (Å²) in [5, 5.41) is 6.01. The first kappa shape index (κ1) is 12.5. The summed E-state index contributed by atoms with van der Waals surface area (Å²) in [6.07, 6.45) is 2.18. The van der Waals surface area contributed by atoms with Crippen LogP contribution in [0.5, 0.6) is 0 Å². The fourth-order valence-corrected chi connectivity index (χ4v) is 3.09. The van der Waals surface area contributed by atoms with Gasteiger partial charge in [-0.05, 0) is 36.4 Å². The lowest BCUT2D eigenvalue weighted by atomic mass is 10.1. The molecule has 0 saturated heterocycles. The first-order valence-electron chi connectivity index (χ1n) is 7.06. The lowest BCUT2D eigenvalue weighted by Gasteiger charge is -2.09. The van der Waals surface area contributed by atoms with E-state index >= 15 is 0 Å². The molecule has 104 valence electrons. The maximum Gasteiger partial charge on any atom is 0.252 e. The number of amides is 1. The molecule has 0 unspecified atom stereocenters. The van der Waals surface area contributed by atoms with Crippen LogP contribution in [-0.2, 0) is 0 Å². The molecule has 2 aromatic heterocycles. The standard InChI is InChI=1S/C17H14N2OS/c20-17(18-11-7-8-11)13-10-15(16-6-3-9-21-16)19-14-5-2-1-4-12(13)14/h1-6,9-11H,7-8H2,(H,18,20). The van der Waals surface area contributed by atoms with E-state index in [0.717, 1.165) is 39.9 Å². The van der Waals surface area contributed by atoms with Crippen LogP contribution in [0.25, 0.3) is 21.5 Å². The number of nitrogens with zero attached hydrogens (tertiary/aromatic N) is 1. The molecule has 1 aliphatic rings. The molecule has 4 heteroatoms. The van der Waals surface area contributed by atoms with Gasteiger partial charge in [-0.1, -0.05) is 24.3 Å². The predicted octanol–water partition coefficient (Wildman–Crippen LogP) is 3.86. The summed E-state index contributed by atoms with van der Waals surface area (Å²) in [5.41, 5.74) is 2.45. The molecule has 3 nitrogen and oxygen atoms in total. The van der Waals surface area contributed by atoms with E-state index in [9.17, 15) is 4.79 Å². The topological polar surface area (TPSA) is 42.0 Å². The number of carbonyl (C=O) groups is 1. The zero-order valence-electron chi connectivity index (χ0n) is 11.4. The van der Waals surface area contributed by atoms with Crippen molar-refractivity contribution in [2.75, 3.05) is 0 Å². The predicted molar refractivity (Wildman–Crippen MR) is 85.5 cm³/mol. The van der Waals surface area contributed by atoms with Crippen molar-refractivity contribution in [3.63, 3.8) is 0 Å². The van der Waals surface area contributed by atoms with Gasteiger partial charge in [-0.3, -0.25) is 4.79 Å². The summed E-state index contributed by atoms with van der Waals surface area (Å²) in [6.45, 7) is 0. The van der Waals surface area contributed by atoms with Crippen molar-refractivity contribution in [2.24, 2.45) is 0 Å². The van der Waals surface area contributed by atoms with E-state index < -0.39 is 0 Å². The maximum absolute atomic E-state index is 12.5. The molecule has 0 radical (unpaired) electrons. The maximum atomic E-state index is 12.5. The van der Waals surface area contributed by atoms with E-state index in [1.165, 1.54) is 0 Å². The first-order chi connectivity index (χ1) is 10.3. The molecule has 0 bridgehead atoms. The molecule has 1 saturated carbocycles. The van der Waals surface area contributed by atoms with Gasteiger partial charge >= 0.3 is 0 Å². The van der Waals surface area contributed by atoms with Crippen LogP contribution in [0.15, 0.2) is 47.8 Å². The zero-order valence-corrected chi connectivity index (χ0v) is 12.2. The minimum atomic E-state index is 0.00825. The summed E-state index contributed by atoms with van der Waals surface area (Å²) in [5.74, 6) is 0.00825. The van der Waals surface area contributed by atoms with Crippen molar-refractivity contribution in [3.05, 3.63) is 53.4 Å². The molecule has 0 aliphatic heterocycles. The fraction of sp³-hybridized carbons (Fsp3) is 0.176. The van der Waals surface area contributed by atoms with Crippen LogP contribution in [0.4, 0.5) is 0 Å². The summed E-state index contributed by atoms with van der Waals surface area (Å²) in [4.78, 5) is 18.3. The molecule has 3 aromatic rings. The van der Waals surface area contributed by atoms with Crippen LogP contribution in [0.1, 0.15) is 23.2 Å². The van der Waals surface area contributed by atoms with Crippen LogP contribution >= 0.6 is 11.3 Å². The van der Waals surface area contributed by atoms with Crippen LogP contribution in [0.2, 0.25) is 0 Å². The fourth-order valence-electron chi connectivity index (χ4n) is 2.40. The number of fused-ring (bicyclic) bond motifs is 1. The van der Waals surface area contributed by atoms with Gasteiger partial charge in [0.15, 0.2) is 0 Å². The highest BCUT2D eigenvalue weighted by Crippen LogP contribution is 2.28. The number of thiophene rings is 1. The number of rotatable bonds is 3. The monoisotopic (exact) mass is 294 g/mol. The summed E-state index contributed by atoms with van der Waals surface area (Å²) in [6, 6.07) is 14.1. The van der Waals surface area contributed by atoms with Crippen LogP contribution in [-0.4, -0.2) is 16.9 Å². The largest absolute Gasteiger partial charge is 0.349 e. The number of benzene rings is 1. The highest BCUT2D eigenvalue weighted by molar-refractivity contribution is 7.13. The van der Waals surface area contributed by atoms with Crippen molar-refractivity contribution in [2.45, 2.75) is 18.9 Å². The normalized spacial score (nSPS) is 14.3. The molecule has 1 N–H and O–H groups in total.